The first-order valence-corrected chi connectivity index (χ1v) is 6.48. The van der Waals surface area contributed by atoms with Crippen LogP contribution in [0.4, 0.5) is 11.5 Å². The molecule has 1 aromatic heterocycles. The fraction of sp³-hybridized carbons (Fsp3) is 0.267. The molecule has 1 fully saturated rings. The Morgan fingerprint density at radius 2 is 1.84 bits per heavy atom. The standard InChI is InChI=1S/C15H17N3O/c16-13-4-1-3-12(11-13)14-5-2-6-15(17-14)18-7-9-19-10-8-18/h1-6,11H,7-10,16H2. The van der Waals surface area contributed by atoms with Gasteiger partial charge in [-0.3, -0.25) is 0 Å². The van der Waals surface area contributed by atoms with Gasteiger partial charge in [-0.2, -0.15) is 0 Å². The van der Waals surface area contributed by atoms with Crippen LogP contribution in [0.3, 0.4) is 0 Å². The van der Waals surface area contributed by atoms with Crippen molar-refractivity contribution < 1.29 is 4.74 Å². The number of hydrogen-bond acceptors (Lipinski definition) is 4. The molecule has 19 heavy (non-hydrogen) atoms. The lowest BCUT2D eigenvalue weighted by Crippen LogP contribution is -2.36. The maximum absolute atomic E-state index is 5.82. The lowest BCUT2D eigenvalue weighted by atomic mass is 10.1. The fourth-order valence-corrected chi connectivity index (χ4v) is 2.25. The van der Waals surface area contributed by atoms with Crippen molar-refractivity contribution in [3.8, 4) is 11.3 Å². The molecule has 0 unspecified atom stereocenters. The normalized spacial score (nSPS) is 15.5. The summed E-state index contributed by atoms with van der Waals surface area (Å²) in [7, 11) is 0. The third kappa shape index (κ3) is 2.69. The first-order chi connectivity index (χ1) is 9.33. The van der Waals surface area contributed by atoms with Gasteiger partial charge >= 0.3 is 0 Å². The monoisotopic (exact) mass is 255 g/mol. The Hall–Kier alpha value is -2.07. The molecule has 0 spiro atoms. The first-order valence-electron chi connectivity index (χ1n) is 6.48. The molecule has 1 aromatic carbocycles. The number of benzene rings is 1. The minimum atomic E-state index is 0.760. The molecule has 3 rings (SSSR count). The van der Waals surface area contributed by atoms with Crippen LogP contribution in [0.15, 0.2) is 42.5 Å². The molecule has 0 radical (unpaired) electrons. The molecule has 4 heteroatoms. The van der Waals surface area contributed by atoms with E-state index in [2.05, 4.69) is 4.90 Å². The zero-order chi connectivity index (χ0) is 13.1. The Kier molecular flexibility index (Phi) is 3.33. The first kappa shape index (κ1) is 12.0. The lowest BCUT2D eigenvalue weighted by Gasteiger charge is -2.28. The summed E-state index contributed by atoms with van der Waals surface area (Å²) in [4.78, 5) is 6.97. The Labute approximate surface area is 112 Å². The lowest BCUT2D eigenvalue weighted by molar-refractivity contribution is 0.122. The summed E-state index contributed by atoms with van der Waals surface area (Å²) < 4.78 is 5.37. The molecule has 0 atom stereocenters. The van der Waals surface area contributed by atoms with Gasteiger partial charge in [-0.15, -0.1) is 0 Å². The van der Waals surface area contributed by atoms with E-state index in [1.165, 1.54) is 0 Å². The second-order valence-electron chi connectivity index (χ2n) is 4.61. The molecule has 2 heterocycles. The summed E-state index contributed by atoms with van der Waals surface area (Å²) >= 11 is 0. The van der Waals surface area contributed by atoms with Crippen molar-refractivity contribution in [2.24, 2.45) is 0 Å². The number of hydrogen-bond donors (Lipinski definition) is 1. The average molecular weight is 255 g/mol. The summed E-state index contributed by atoms with van der Waals surface area (Å²) in [5.74, 6) is 1.00. The highest BCUT2D eigenvalue weighted by Gasteiger charge is 2.12. The molecule has 1 aliphatic heterocycles. The van der Waals surface area contributed by atoms with Gasteiger partial charge in [0.1, 0.15) is 5.82 Å². The van der Waals surface area contributed by atoms with Crippen LogP contribution in [0, 0.1) is 0 Å². The summed E-state index contributed by atoms with van der Waals surface area (Å²) in [5, 5.41) is 0. The topological polar surface area (TPSA) is 51.4 Å². The summed E-state index contributed by atoms with van der Waals surface area (Å²) in [6.45, 7) is 3.33. The maximum Gasteiger partial charge on any atom is 0.129 e. The molecule has 98 valence electrons. The van der Waals surface area contributed by atoms with Crippen molar-refractivity contribution in [3.05, 3.63) is 42.5 Å². The summed E-state index contributed by atoms with van der Waals surface area (Å²) in [5.41, 5.74) is 8.59. The number of morpholine rings is 1. The van der Waals surface area contributed by atoms with E-state index in [1.807, 2.05) is 42.5 Å². The van der Waals surface area contributed by atoms with Crippen LogP contribution >= 0.6 is 0 Å². The predicted octanol–water partition coefficient (Wildman–Crippen LogP) is 2.17. The molecular weight excluding hydrogens is 238 g/mol. The van der Waals surface area contributed by atoms with Gasteiger partial charge < -0.3 is 15.4 Å². The second-order valence-corrected chi connectivity index (χ2v) is 4.61. The van der Waals surface area contributed by atoms with Crippen molar-refractivity contribution in [1.29, 1.82) is 0 Å². The van der Waals surface area contributed by atoms with E-state index in [0.29, 0.717) is 0 Å². The Morgan fingerprint density at radius 1 is 1.05 bits per heavy atom. The number of anilines is 2. The number of ether oxygens (including phenoxy) is 1. The van der Waals surface area contributed by atoms with Crippen LogP contribution in [0.1, 0.15) is 0 Å². The summed E-state index contributed by atoms with van der Waals surface area (Å²) in [6.07, 6.45) is 0. The third-order valence-electron chi connectivity index (χ3n) is 3.25. The van der Waals surface area contributed by atoms with E-state index in [9.17, 15) is 0 Å². The van der Waals surface area contributed by atoms with Crippen LogP contribution in [-0.4, -0.2) is 31.3 Å². The number of nitrogen functional groups attached to an aromatic ring is 1. The Bertz CT molecular complexity index is 565. The van der Waals surface area contributed by atoms with Crippen molar-refractivity contribution in [2.75, 3.05) is 36.9 Å². The highest BCUT2D eigenvalue weighted by molar-refractivity contribution is 5.65. The van der Waals surface area contributed by atoms with Crippen LogP contribution < -0.4 is 10.6 Å². The Balaban J connectivity index is 1.91. The van der Waals surface area contributed by atoms with E-state index in [1.54, 1.807) is 0 Å². The quantitative estimate of drug-likeness (QED) is 0.836. The third-order valence-corrected chi connectivity index (χ3v) is 3.25. The van der Waals surface area contributed by atoms with Crippen molar-refractivity contribution in [1.82, 2.24) is 4.98 Å². The SMILES string of the molecule is Nc1cccc(-c2cccc(N3CCOCC3)n2)c1. The van der Waals surface area contributed by atoms with Gasteiger partial charge in [0.25, 0.3) is 0 Å². The fourth-order valence-electron chi connectivity index (χ4n) is 2.25. The van der Waals surface area contributed by atoms with Crippen molar-refractivity contribution in [3.63, 3.8) is 0 Å². The average Bonchev–Trinajstić information content (AvgIpc) is 2.48. The van der Waals surface area contributed by atoms with Gasteiger partial charge in [-0.25, -0.2) is 4.98 Å². The van der Waals surface area contributed by atoms with Gasteiger partial charge in [0.05, 0.1) is 18.9 Å². The van der Waals surface area contributed by atoms with E-state index in [0.717, 1.165) is 49.1 Å². The van der Waals surface area contributed by atoms with Crippen LogP contribution in [-0.2, 0) is 4.74 Å². The maximum atomic E-state index is 5.82. The second kappa shape index (κ2) is 5.28. The number of pyridine rings is 1. The van der Waals surface area contributed by atoms with E-state index >= 15 is 0 Å². The van der Waals surface area contributed by atoms with Crippen molar-refractivity contribution >= 4 is 11.5 Å². The molecule has 0 saturated carbocycles. The number of nitrogens with zero attached hydrogens (tertiary/aromatic N) is 2. The number of aromatic nitrogens is 1. The van der Waals surface area contributed by atoms with Gasteiger partial charge in [0.15, 0.2) is 0 Å². The van der Waals surface area contributed by atoms with E-state index < -0.39 is 0 Å². The summed E-state index contributed by atoms with van der Waals surface area (Å²) in [6, 6.07) is 13.9. The molecule has 2 N–H and O–H groups in total. The highest BCUT2D eigenvalue weighted by atomic mass is 16.5. The van der Waals surface area contributed by atoms with Gasteiger partial charge in [0.2, 0.25) is 0 Å². The zero-order valence-corrected chi connectivity index (χ0v) is 10.7. The van der Waals surface area contributed by atoms with Gasteiger partial charge in [0, 0.05) is 24.3 Å². The molecular formula is C15H17N3O. The molecule has 4 nitrogen and oxygen atoms in total. The van der Waals surface area contributed by atoms with Gasteiger partial charge in [-0.1, -0.05) is 18.2 Å². The van der Waals surface area contributed by atoms with Crippen LogP contribution in [0.5, 0.6) is 0 Å². The molecule has 0 aliphatic carbocycles. The molecule has 0 amide bonds. The number of rotatable bonds is 2. The minimum Gasteiger partial charge on any atom is -0.399 e. The molecule has 1 aliphatic rings. The Morgan fingerprint density at radius 3 is 2.63 bits per heavy atom. The molecule has 0 bridgehead atoms. The smallest absolute Gasteiger partial charge is 0.129 e. The van der Waals surface area contributed by atoms with Crippen LogP contribution in [0.25, 0.3) is 11.3 Å². The van der Waals surface area contributed by atoms with E-state index in [4.69, 9.17) is 15.5 Å². The van der Waals surface area contributed by atoms with Crippen molar-refractivity contribution in [2.45, 2.75) is 0 Å². The van der Waals surface area contributed by atoms with E-state index in [-0.39, 0.29) is 0 Å². The van der Waals surface area contributed by atoms with Gasteiger partial charge in [-0.05, 0) is 24.3 Å². The molecule has 2 aromatic rings. The number of nitrogens with two attached hydrogens (primary N) is 1. The predicted molar refractivity (Wildman–Crippen MR) is 77.1 cm³/mol. The largest absolute Gasteiger partial charge is 0.399 e. The highest BCUT2D eigenvalue weighted by Crippen LogP contribution is 2.22. The minimum absolute atomic E-state index is 0.760. The van der Waals surface area contributed by atoms with Crippen LogP contribution in [0.2, 0.25) is 0 Å². The zero-order valence-electron chi connectivity index (χ0n) is 10.7. The molecule has 1 saturated heterocycles.